The highest BCUT2D eigenvalue weighted by molar-refractivity contribution is 7.14. The molecule has 0 atom stereocenters. The van der Waals surface area contributed by atoms with Crippen LogP contribution in [0.3, 0.4) is 0 Å². The minimum Gasteiger partial charge on any atom is -0.497 e. The number of methoxy groups -OCH3 is 1. The van der Waals surface area contributed by atoms with E-state index < -0.39 is 5.91 Å². The van der Waals surface area contributed by atoms with Crippen LogP contribution >= 0.6 is 22.9 Å². The monoisotopic (exact) mass is 411 g/mol. The van der Waals surface area contributed by atoms with Gasteiger partial charge in [0, 0.05) is 33.1 Å². The molecule has 8 heteroatoms. The van der Waals surface area contributed by atoms with Gasteiger partial charge in [-0.25, -0.2) is 4.98 Å². The molecule has 0 aliphatic heterocycles. The number of halogens is 1. The third kappa shape index (κ3) is 3.49. The number of nitrogens with one attached hydrogen (secondary N) is 2. The molecule has 0 aliphatic carbocycles. The summed E-state index contributed by atoms with van der Waals surface area (Å²) >= 11 is 7.18. The van der Waals surface area contributed by atoms with Gasteiger partial charge in [0.15, 0.2) is 5.13 Å². The van der Waals surface area contributed by atoms with Crippen LogP contribution in [0, 0.1) is 0 Å². The summed E-state index contributed by atoms with van der Waals surface area (Å²) < 4.78 is 5.16. The Morgan fingerprint density at radius 2 is 2.00 bits per heavy atom. The van der Waals surface area contributed by atoms with Crippen molar-refractivity contribution >= 4 is 44.9 Å². The zero-order valence-electron chi connectivity index (χ0n) is 14.7. The van der Waals surface area contributed by atoms with Gasteiger partial charge in [0.2, 0.25) is 5.43 Å². The highest BCUT2D eigenvalue weighted by atomic mass is 35.5. The predicted octanol–water partition coefficient (Wildman–Crippen LogP) is 4.57. The van der Waals surface area contributed by atoms with E-state index in [4.69, 9.17) is 16.3 Å². The van der Waals surface area contributed by atoms with Crippen LogP contribution in [0.1, 0.15) is 10.4 Å². The normalized spacial score (nSPS) is 10.8. The van der Waals surface area contributed by atoms with Gasteiger partial charge in [-0.1, -0.05) is 23.7 Å². The summed E-state index contributed by atoms with van der Waals surface area (Å²) in [6.45, 7) is 0. The van der Waals surface area contributed by atoms with E-state index in [-0.39, 0.29) is 11.0 Å². The molecule has 6 nitrogen and oxygen atoms in total. The van der Waals surface area contributed by atoms with E-state index in [1.54, 1.807) is 30.3 Å². The largest absolute Gasteiger partial charge is 0.497 e. The minimum atomic E-state index is -0.525. The van der Waals surface area contributed by atoms with Gasteiger partial charge < -0.3 is 9.72 Å². The lowest BCUT2D eigenvalue weighted by Gasteiger charge is -2.05. The number of aromatic nitrogens is 2. The second-order valence-corrected chi connectivity index (χ2v) is 7.24. The van der Waals surface area contributed by atoms with Crippen molar-refractivity contribution in [1.29, 1.82) is 0 Å². The predicted molar refractivity (Wildman–Crippen MR) is 112 cm³/mol. The van der Waals surface area contributed by atoms with Gasteiger partial charge in [-0.05, 0) is 30.3 Å². The maximum absolute atomic E-state index is 12.7. The standard InChI is InChI=1S/C20H14ClN3O3S/c1-27-13-6-7-16-14(8-13)18(25)15(9-22-16)19(26)24-20-23-17(10-28-20)11-2-4-12(21)5-3-11/h2-10H,1H3,(H,22,25)(H,23,24,26). The summed E-state index contributed by atoms with van der Waals surface area (Å²) in [7, 11) is 1.52. The van der Waals surface area contributed by atoms with Crippen LogP contribution in [0.5, 0.6) is 5.75 Å². The molecule has 0 saturated carbocycles. The van der Waals surface area contributed by atoms with Crippen molar-refractivity contribution in [3.63, 3.8) is 0 Å². The molecule has 2 aromatic carbocycles. The lowest BCUT2D eigenvalue weighted by atomic mass is 10.1. The van der Waals surface area contributed by atoms with E-state index in [9.17, 15) is 9.59 Å². The van der Waals surface area contributed by atoms with Crippen LogP contribution in [0.2, 0.25) is 5.02 Å². The third-order valence-electron chi connectivity index (χ3n) is 4.20. The summed E-state index contributed by atoms with van der Waals surface area (Å²) in [4.78, 5) is 32.7. The number of benzene rings is 2. The Balaban J connectivity index is 1.61. The van der Waals surface area contributed by atoms with Gasteiger partial charge >= 0.3 is 0 Å². The van der Waals surface area contributed by atoms with Crippen molar-refractivity contribution in [3.8, 4) is 17.0 Å². The molecule has 28 heavy (non-hydrogen) atoms. The first-order valence-corrected chi connectivity index (χ1v) is 9.53. The average Bonchev–Trinajstić information content (AvgIpc) is 3.17. The Hall–Kier alpha value is -3.16. The number of nitrogens with zero attached hydrogens (tertiary/aromatic N) is 1. The van der Waals surface area contributed by atoms with Crippen LogP contribution in [0.25, 0.3) is 22.2 Å². The molecule has 140 valence electrons. The van der Waals surface area contributed by atoms with Gasteiger partial charge in [0.05, 0.1) is 12.8 Å². The summed E-state index contributed by atoms with van der Waals surface area (Å²) in [5.41, 5.74) is 1.86. The van der Waals surface area contributed by atoms with Crippen molar-refractivity contribution in [2.45, 2.75) is 0 Å². The molecule has 2 N–H and O–H groups in total. The molecule has 0 spiro atoms. The molecule has 0 saturated heterocycles. The number of hydrogen-bond acceptors (Lipinski definition) is 5. The van der Waals surface area contributed by atoms with Crippen LogP contribution in [0.15, 0.2) is 58.8 Å². The maximum atomic E-state index is 12.7. The number of carbonyl (C=O) groups excluding carboxylic acids is 1. The van der Waals surface area contributed by atoms with Crippen molar-refractivity contribution < 1.29 is 9.53 Å². The zero-order valence-corrected chi connectivity index (χ0v) is 16.2. The van der Waals surface area contributed by atoms with E-state index in [0.717, 1.165) is 5.56 Å². The van der Waals surface area contributed by atoms with Gasteiger partial charge in [-0.2, -0.15) is 0 Å². The number of pyridine rings is 1. The Labute approximate surface area is 168 Å². The molecule has 4 aromatic rings. The van der Waals surface area contributed by atoms with E-state index in [1.165, 1.54) is 24.6 Å². The Kier molecular flexibility index (Phi) is 4.85. The molecule has 0 fully saturated rings. The fourth-order valence-electron chi connectivity index (χ4n) is 2.74. The number of rotatable bonds is 4. The molecule has 2 heterocycles. The van der Waals surface area contributed by atoms with Gasteiger partial charge in [0.25, 0.3) is 5.91 Å². The van der Waals surface area contributed by atoms with E-state index >= 15 is 0 Å². The number of carbonyl (C=O) groups is 1. The number of amides is 1. The summed E-state index contributed by atoms with van der Waals surface area (Å²) in [5, 5.41) is 5.94. The fourth-order valence-corrected chi connectivity index (χ4v) is 3.58. The Morgan fingerprint density at radius 3 is 2.75 bits per heavy atom. The number of hydrogen-bond donors (Lipinski definition) is 2. The number of fused-ring (bicyclic) bond motifs is 1. The van der Waals surface area contributed by atoms with Gasteiger partial charge in [-0.3, -0.25) is 14.9 Å². The van der Waals surface area contributed by atoms with Crippen LogP contribution in [-0.4, -0.2) is 23.0 Å². The number of ether oxygens (including phenoxy) is 1. The lowest BCUT2D eigenvalue weighted by molar-refractivity contribution is 0.102. The summed E-state index contributed by atoms with van der Waals surface area (Å²) in [6, 6.07) is 12.3. The molecule has 0 bridgehead atoms. The van der Waals surface area contributed by atoms with E-state index in [1.807, 2.05) is 17.5 Å². The first-order valence-electron chi connectivity index (χ1n) is 8.27. The van der Waals surface area contributed by atoms with Crippen molar-refractivity contribution in [1.82, 2.24) is 9.97 Å². The van der Waals surface area contributed by atoms with Crippen LogP contribution in [0.4, 0.5) is 5.13 Å². The fraction of sp³-hybridized carbons (Fsp3) is 0.0500. The minimum absolute atomic E-state index is 0.00370. The second-order valence-electron chi connectivity index (χ2n) is 5.94. The smallest absolute Gasteiger partial charge is 0.262 e. The average molecular weight is 412 g/mol. The highest BCUT2D eigenvalue weighted by Gasteiger charge is 2.15. The van der Waals surface area contributed by atoms with E-state index in [2.05, 4.69) is 15.3 Å². The number of aromatic amines is 1. The number of anilines is 1. The molecule has 4 rings (SSSR count). The topological polar surface area (TPSA) is 84.1 Å². The molecule has 1 amide bonds. The summed E-state index contributed by atoms with van der Waals surface area (Å²) in [5.74, 6) is 0.0195. The molecule has 2 aromatic heterocycles. The Bertz CT molecular complexity index is 1230. The number of H-pyrrole nitrogens is 1. The molecule has 0 unspecified atom stereocenters. The van der Waals surface area contributed by atoms with Crippen molar-refractivity contribution in [2.24, 2.45) is 0 Å². The number of thiazole rings is 1. The van der Waals surface area contributed by atoms with Crippen LogP contribution < -0.4 is 15.5 Å². The van der Waals surface area contributed by atoms with Gasteiger partial charge in [0.1, 0.15) is 11.3 Å². The quantitative estimate of drug-likeness (QED) is 0.515. The lowest BCUT2D eigenvalue weighted by Crippen LogP contribution is -2.21. The molecule has 0 aliphatic rings. The van der Waals surface area contributed by atoms with E-state index in [0.29, 0.717) is 32.5 Å². The highest BCUT2D eigenvalue weighted by Crippen LogP contribution is 2.26. The molecular formula is C20H14ClN3O3S. The summed E-state index contributed by atoms with van der Waals surface area (Å²) in [6.07, 6.45) is 1.40. The zero-order chi connectivity index (χ0) is 19.7. The second kappa shape index (κ2) is 7.46. The van der Waals surface area contributed by atoms with Crippen molar-refractivity contribution in [2.75, 3.05) is 12.4 Å². The van der Waals surface area contributed by atoms with Crippen molar-refractivity contribution in [3.05, 3.63) is 74.9 Å². The third-order valence-corrected chi connectivity index (χ3v) is 5.21. The van der Waals surface area contributed by atoms with Gasteiger partial charge in [-0.15, -0.1) is 11.3 Å². The molecular weight excluding hydrogens is 398 g/mol. The first-order chi connectivity index (χ1) is 13.5. The van der Waals surface area contributed by atoms with Crippen LogP contribution in [-0.2, 0) is 0 Å². The molecule has 0 radical (unpaired) electrons. The Morgan fingerprint density at radius 1 is 1.21 bits per heavy atom. The first kappa shape index (κ1) is 18.2. The SMILES string of the molecule is COc1ccc2[nH]cc(C(=O)Nc3nc(-c4ccc(Cl)cc4)cs3)c(=O)c2c1. The maximum Gasteiger partial charge on any atom is 0.262 e.